The van der Waals surface area contributed by atoms with Gasteiger partial charge in [0.1, 0.15) is 0 Å². The first-order chi connectivity index (χ1) is 10.5. The third-order valence-corrected chi connectivity index (χ3v) is 2.75. The fraction of sp³-hybridized carbons (Fsp3) is 0.438. The van der Waals surface area contributed by atoms with Crippen molar-refractivity contribution in [2.75, 3.05) is 11.9 Å². The van der Waals surface area contributed by atoms with E-state index in [1.54, 1.807) is 38.1 Å². The minimum absolute atomic E-state index is 0.146. The van der Waals surface area contributed by atoms with E-state index in [2.05, 4.69) is 10.6 Å². The van der Waals surface area contributed by atoms with Crippen molar-refractivity contribution in [2.24, 2.45) is 0 Å². The van der Waals surface area contributed by atoms with Crippen LogP contribution in [0.4, 0.5) is 5.69 Å². The van der Waals surface area contributed by atoms with Crippen LogP contribution in [-0.4, -0.2) is 30.4 Å². The summed E-state index contributed by atoms with van der Waals surface area (Å²) in [4.78, 5) is 35.4. The maximum atomic E-state index is 12.0. The number of amides is 2. The average Bonchev–Trinajstić information content (AvgIpc) is 2.47. The van der Waals surface area contributed by atoms with Crippen molar-refractivity contribution in [1.29, 1.82) is 0 Å². The number of unbranched alkanes of at least 4 members (excludes halogenated alkanes) is 1. The highest BCUT2D eigenvalue weighted by molar-refractivity contribution is 6.40. The summed E-state index contributed by atoms with van der Waals surface area (Å²) < 4.78 is 5.12. The van der Waals surface area contributed by atoms with E-state index in [0.717, 1.165) is 12.8 Å². The molecule has 1 rings (SSSR count). The molecule has 0 spiro atoms. The molecule has 0 saturated carbocycles. The Labute approximate surface area is 130 Å². The van der Waals surface area contributed by atoms with Crippen LogP contribution in [0.5, 0.6) is 0 Å². The predicted octanol–water partition coefficient (Wildman–Crippen LogP) is 2.11. The molecular weight excluding hydrogens is 284 g/mol. The van der Waals surface area contributed by atoms with Crippen LogP contribution in [-0.2, 0) is 14.3 Å². The maximum absolute atomic E-state index is 12.0. The van der Waals surface area contributed by atoms with Crippen LogP contribution in [0.15, 0.2) is 24.3 Å². The number of rotatable bonds is 6. The molecule has 120 valence electrons. The Balaban J connectivity index is 2.77. The van der Waals surface area contributed by atoms with Gasteiger partial charge in [0.2, 0.25) is 0 Å². The summed E-state index contributed by atoms with van der Waals surface area (Å²) in [6, 6.07) is 6.28. The van der Waals surface area contributed by atoms with Crippen molar-refractivity contribution in [3.8, 4) is 0 Å². The Morgan fingerprint density at radius 2 is 1.82 bits per heavy atom. The predicted molar refractivity (Wildman–Crippen MR) is 83.5 cm³/mol. The molecule has 2 amide bonds. The standard InChI is InChI=1S/C16H22N2O4/c1-4-5-10-22-16(21)12-8-6-7-9-13(12)18-15(20)14(19)17-11(2)3/h6-9,11H,4-5,10H2,1-3H3,(H,17,19)(H,18,20). The van der Waals surface area contributed by atoms with Crippen LogP contribution in [0, 0.1) is 0 Å². The van der Waals surface area contributed by atoms with Gasteiger partial charge in [0, 0.05) is 6.04 Å². The number of carbonyl (C=O) groups excluding carboxylic acids is 3. The Morgan fingerprint density at radius 1 is 1.14 bits per heavy atom. The third-order valence-electron chi connectivity index (χ3n) is 2.75. The molecule has 0 radical (unpaired) electrons. The second-order valence-corrected chi connectivity index (χ2v) is 5.12. The van der Waals surface area contributed by atoms with E-state index in [4.69, 9.17) is 4.74 Å². The average molecular weight is 306 g/mol. The van der Waals surface area contributed by atoms with Crippen molar-refractivity contribution < 1.29 is 19.1 Å². The minimum atomic E-state index is -0.817. The molecule has 0 fully saturated rings. The van der Waals surface area contributed by atoms with E-state index in [0.29, 0.717) is 6.61 Å². The molecule has 0 aromatic heterocycles. The summed E-state index contributed by atoms with van der Waals surface area (Å²) in [5.74, 6) is -2.08. The monoisotopic (exact) mass is 306 g/mol. The SMILES string of the molecule is CCCCOC(=O)c1ccccc1NC(=O)C(=O)NC(C)C. The molecule has 0 atom stereocenters. The summed E-state index contributed by atoms with van der Waals surface area (Å²) in [5, 5.41) is 4.92. The third kappa shape index (κ3) is 5.55. The molecule has 0 heterocycles. The molecule has 22 heavy (non-hydrogen) atoms. The van der Waals surface area contributed by atoms with Crippen LogP contribution in [0.25, 0.3) is 0 Å². The van der Waals surface area contributed by atoms with Gasteiger partial charge in [-0.2, -0.15) is 0 Å². The smallest absolute Gasteiger partial charge is 0.340 e. The first-order valence-corrected chi connectivity index (χ1v) is 7.33. The van der Waals surface area contributed by atoms with Crippen LogP contribution in [0.3, 0.4) is 0 Å². The van der Waals surface area contributed by atoms with Crippen LogP contribution in [0.1, 0.15) is 44.0 Å². The molecule has 6 heteroatoms. The Hall–Kier alpha value is -2.37. The van der Waals surface area contributed by atoms with E-state index < -0.39 is 17.8 Å². The number of nitrogens with one attached hydrogen (secondary N) is 2. The zero-order valence-corrected chi connectivity index (χ0v) is 13.1. The zero-order chi connectivity index (χ0) is 16.5. The number of esters is 1. The number of ether oxygens (including phenoxy) is 1. The van der Waals surface area contributed by atoms with E-state index in [-0.39, 0.29) is 17.3 Å². The number of carbonyl (C=O) groups is 3. The van der Waals surface area contributed by atoms with Crippen molar-refractivity contribution >= 4 is 23.5 Å². The number of anilines is 1. The number of para-hydroxylation sites is 1. The van der Waals surface area contributed by atoms with Crippen molar-refractivity contribution in [2.45, 2.75) is 39.7 Å². The molecule has 2 N–H and O–H groups in total. The van der Waals surface area contributed by atoms with E-state index >= 15 is 0 Å². The molecule has 1 aromatic rings. The number of hydrogen-bond donors (Lipinski definition) is 2. The highest BCUT2D eigenvalue weighted by Crippen LogP contribution is 2.16. The van der Waals surface area contributed by atoms with Crippen LogP contribution < -0.4 is 10.6 Å². The van der Waals surface area contributed by atoms with Crippen molar-refractivity contribution in [3.05, 3.63) is 29.8 Å². The first kappa shape index (κ1) is 17.7. The second kappa shape index (κ2) is 8.81. The molecule has 0 aliphatic heterocycles. The summed E-state index contributed by atoms with van der Waals surface area (Å²) >= 11 is 0. The molecule has 0 saturated heterocycles. The van der Waals surface area contributed by atoms with Crippen molar-refractivity contribution in [1.82, 2.24) is 5.32 Å². The highest BCUT2D eigenvalue weighted by Gasteiger charge is 2.18. The quantitative estimate of drug-likeness (QED) is 0.479. The minimum Gasteiger partial charge on any atom is -0.462 e. The Kier molecular flexibility index (Phi) is 7.08. The second-order valence-electron chi connectivity index (χ2n) is 5.12. The molecular formula is C16H22N2O4. The molecule has 0 aliphatic rings. The summed E-state index contributed by atoms with van der Waals surface area (Å²) in [6.07, 6.45) is 1.69. The molecule has 6 nitrogen and oxygen atoms in total. The van der Waals surface area contributed by atoms with Crippen LogP contribution in [0.2, 0.25) is 0 Å². The molecule has 0 unspecified atom stereocenters. The maximum Gasteiger partial charge on any atom is 0.340 e. The molecule has 0 aliphatic carbocycles. The topological polar surface area (TPSA) is 84.5 Å². The van der Waals surface area contributed by atoms with E-state index in [9.17, 15) is 14.4 Å². The van der Waals surface area contributed by atoms with Gasteiger partial charge in [-0.05, 0) is 32.4 Å². The van der Waals surface area contributed by atoms with Gasteiger partial charge in [0.25, 0.3) is 0 Å². The van der Waals surface area contributed by atoms with Gasteiger partial charge in [-0.25, -0.2) is 4.79 Å². The fourth-order valence-electron chi connectivity index (χ4n) is 1.66. The first-order valence-electron chi connectivity index (χ1n) is 7.33. The Morgan fingerprint density at radius 3 is 2.45 bits per heavy atom. The van der Waals surface area contributed by atoms with Crippen molar-refractivity contribution in [3.63, 3.8) is 0 Å². The van der Waals surface area contributed by atoms with Gasteiger partial charge in [0.15, 0.2) is 0 Å². The van der Waals surface area contributed by atoms with Gasteiger partial charge in [-0.3, -0.25) is 9.59 Å². The zero-order valence-electron chi connectivity index (χ0n) is 13.1. The number of hydrogen-bond acceptors (Lipinski definition) is 4. The molecule has 0 bridgehead atoms. The Bertz CT molecular complexity index is 541. The van der Waals surface area contributed by atoms with Crippen LogP contribution >= 0.6 is 0 Å². The summed E-state index contributed by atoms with van der Waals surface area (Å²) in [5.41, 5.74) is 0.484. The lowest BCUT2D eigenvalue weighted by Gasteiger charge is -2.12. The largest absolute Gasteiger partial charge is 0.462 e. The lowest BCUT2D eigenvalue weighted by Crippen LogP contribution is -2.39. The summed E-state index contributed by atoms with van der Waals surface area (Å²) in [7, 11) is 0. The van der Waals surface area contributed by atoms with E-state index in [1.807, 2.05) is 6.92 Å². The van der Waals surface area contributed by atoms with E-state index in [1.165, 1.54) is 0 Å². The summed E-state index contributed by atoms with van der Waals surface area (Å²) in [6.45, 7) is 5.83. The van der Waals surface area contributed by atoms with Gasteiger partial charge in [-0.1, -0.05) is 25.5 Å². The molecule has 1 aromatic carbocycles. The van der Waals surface area contributed by atoms with Gasteiger partial charge in [0.05, 0.1) is 17.9 Å². The fourth-order valence-corrected chi connectivity index (χ4v) is 1.66. The normalized spacial score (nSPS) is 10.2. The number of benzene rings is 1. The lowest BCUT2D eigenvalue weighted by atomic mass is 10.1. The highest BCUT2D eigenvalue weighted by atomic mass is 16.5. The van der Waals surface area contributed by atoms with Gasteiger partial charge >= 0.3 is 17.8 Å². The lowest BCUT2D eigenvalue weighted by molar-refractivity contribution is -0.136. The van der Waals surface area contributed by atoms with Gasteiger partial charge in [-0.15, -0.1) is 0 Å². The van der Waals surface area contributed by atoms with Gasteiger partial charge < -0.3 is 15.4 Å².